The van der Waals surface area contributed by atoms with E-state index >= 15 is 0 Å². The zero-order valence-electron chi connectivity index (χ0n) is 10.2. The third kappa shape index (κ3) is 5.31. The summed E-state index contributed by atoms with van der Waals surface area (Å²) in [5.41, 5.74) is 12.5. The van der Waals surface area contributed by atoms with Crippen LogP contribution in [0.4, 0.5) is 5.69 Å². The Morgan fingerprint density at radius 1 is 1.53 bits per heavy atom. The van der Waals surface area contributed by atoms with E-state index in [1.54, 1.807) is 12.3 Å². The number of carbonyl (C=O) groups excluding carboxylic acids is 1. The minimum absolute atomic E-state index is 0.260. The standard InChI is InChI=1S/C12H20N4O/c1-2-3-6-16(9-12(14)17)8-11-7-10(13)4-5-15-11/h4-5,7H,2-3,6,8-9H2,1H3,(H2,13,15)(H2,14,17). The van der Waals surface area contributed by atoms with Crippen LogP contribution in [0.5, 0.6) is 0 Å². The van der Waals surface area contributed by atoms with E-state index in [9.17, 15) is 4.79 Å². The average Bonchev–Trinajstić information content (AvgIpc) is 2.25. The van der Waals surface area contributed by atoms with Gasteiger partial charge >= 0.3 is 0 Å². The van der Waals surface area contributed by atoms with E-state index in [4.69, 9.17) is 11.5 Å². The fourth-order valence-electron chi connectivity index (χ4n) is 1.63. The number of unbranched alkanes of at least 4 members (excludes halogenated alkanes) is 1. The summed E-state index contributed by atoms with van der Waals surface area (Å²) in [7, 11) is 0. The molecule has 1 aromatic heterocycles. The van der Waals surface area contributed by atoms with Crippen molar-refractivity contribution in [3.8, 4) is 0 Å². The molecular weight excluding hydrogens is 216 g/mol. The summed E-state index contributed by atoms with van der Waals surface area (Å²) in [6, 6.07) is 3.56. The summed E-state index contributed by atoms with van der Waals surface area (Å²) >= 11 is 0. The predicted molar refractivity (Wildman–Crippen MR) is 68.0 cm³/mol. The highest BCUT2D eigenvalue weighted by atomic mass is 16.1. The van der Waals surface area contributed by atoms with E-state index in [-0.39, 0.29) is 12.5 Å². The molecule has 0 radical (unpaired) electrons. The number of anilines is 1. The number of pyridine rings is 1. The Kier molecular flexibility index (Phi) is 5.42. The van der Waals surface area contributed by atoms with Crippen molar-refractivity contribution in [3.63, 3.8) is 0 Å². The smallest absolute Gasteiger partial charge is 0.231 e. The van der Waals surface area contributed by atoms with Gasteiger partial charge in [0.05, 0.1) is 12.2 Å². The maximum atomic E-state index is 11.0. The number of hydrogen-bond donors (Lipinski definition) is 2. The van der Waals surface area contributed by atoms with Gasteiger partial charge in [-0.25, -0.2) is 0 Å². The number of nitrogens with zero attached hydrogens (tertiary/aromatic N) is 2. The molecule has 0 spiro atoms. The van der Waals surface area contributed by atoms with Crippen molar-refractivity contribution < 1.29 is 4.79 Å². The zero-order chi connectivity index (χ0) is 12.7. The van der Waals surface area contributed by atoms with Crippen LogP contribution in [-0.4, -0.2) is 28.9 Å². The van der Waals surface area contributed by atoms with E-state index in [1.165, 1.54) is 0 Å². The van der Waals surface area contributed by atoms with Crippen molar-refractivity contribution in [1.29, 1.82) is 0 Å². The largest absolute Gasteiger partial charge is 0.399 e. The number of rotatable bonds is 7. The fourth-order valence-corrected chi connectivity index (χ4v) is 1.63. The van der Waals surface area contributed by atoms with Crippen LogP contribution in [0, 0.1) is 0 Å². The summed E-state index contributed by atoms with van der Waals surface area (Å²) in [4.78, 5) is 17.2. The number of hydrogen-bond acceptors (Lipinski definition) is 4. The first-order chi connectivity index (χ1) is 8.11. The Labute approximate surface area is 102 Å². The minimum Gasteiger partial charge on any atom is -0.399 e. The van der Waals surface area contributed by atoms with Gasteiger partial charge in [0.25, 0.3) is 0 Å². The fraction of sp³-hybridized carbons (Fsp3) is 0.500. The van der Waals surface area contributed by atoms with Gasteiger partial charge in [-0.05, 0) is 25.1 Å². The van der Waals surface area contributed by atoms with Crippen LogP contribution in [0.2, 0.25) is 0 Å². The highest BCUT2D eigenvalue weighted by molar-refractivity contribution is 5.75. The molecule has 1 amide bonds. The average molecular weight is 236 g/mol. The number of amides is 1. The molecule has 0 saturated heterocycles. The molecule has 0 atom stereocenters. The second kappa shape index (κ2) is 6.85. The van der Waals surface area contributed by atoms with Crippen molar-refractivity contribution >= 4 is 11.6 Å². The summed E-state index contributed by atoms with van der Waals surface area (Å²) in [6.45, 7) is 3.82. The van der Waals surface area contributed by atoms with Crippen molar-refractivity contribution in [3.05, 3.63) is 24.0 Å². The molecular formula is C12H20N4O. The van der Waals surface area contributed by atoms with Crippen molar-refractivity contribution in [1.82, 2.24) is 9.88 Å². The Hall–Kier alpha value is -1.62. The maximum Gasteiger partial charge on any atom is 0.231 e. The van der Waals surface area contributed by atoms with E-state index in [2.05, 4.69) is 11.9 Å². The molecule has 0 saturated carbocycles. The van der Waals surface area contributed by atoms with Crippen molar-refractivity contribution in [2.75, 3.05) is 18.8 Å². The highest BCUT2D eigenvalue weighted by Crippen LogP contribution is 2.07. The van der Waals surface area contributed by atoms with Crippen molar-refractivity contribution in [2.45, 2.75) is 26.3 Å². The molecule has 0 bridgehead atoms. The first-order valence-corrected chi connectivity index (χ1v) is 5.83. The lowest BCUT2D eigenvalue weighted by Gasteiger charge is -2.19. The molecule has 1 rings (SSSR count). The number of aromatic nitrogens is 1. The molecule has 0 aliphatic heterocycles. The van der Waals surface area contributed by atoms with E-state index < -0.39 is 0 Å². The SMILES string of the molecule is CCCCN(CC(N)=O)Cc1cc(N)ccn1. The number of nitrogen functional groups attached to an aromatic ring is 1. The van der Waals surface area contributed by atoms with Crippen LogP contribution >= 0.6 is 0 Å². The Morgan fingerprint density at radius 3 is 2.88 bits per heavy atom. The molecule has 17 heavy (non-hydrogen) atoms. The summed E-state index contributed by atoms with van der Waals surface area (Å²) < 4.78 is 0. The second-order valence-electron chi connectivity index (χ2n) is 4.11. The molecule has 0 aromatic carbocycles. The van der Waals surface area contributed by atoms with E-state index in [1.807, 2.05) is 11.0 Å². The van der Waals surface area contributed by atoms with Crippen LogP contribution < -0.4 is 11.5 Å². The Morgan fingerprint density at radius 2 is 2.29 bits per heavy atom. The lowest BCUT2D eigenvalue weighted by molar-refractivity contribution is -0.119. The first kappa shape index (κ1) is 13.4. The van der Waals surface area contributed by atoms with Gasteiger partial charge in [-0.1, -0.05) is 13.3 Å². The third-order valence-electron chi connectivity index (χ3n) is 2.43. The monoisotopic (exact) mass is 236 g/mol. The van der Waals surface area contributed by atoms with Gasteiger partial charge in [-0.15, -0.1) is 0 Å². The maximum absolute atomic E-state index is 11.0. The van der Waals surface area contributed by atoms with Crippen LogP contribution in [0.15, 0.2) is 18.3 Å². The molecule has 4 N–H and O–H groups in total. The van der Waals surface area contributed by atoms with E-state index in [0.29, 0.717) is 12.2 Å². The second-order valence-corrected chi connectivity index (χ2v) is 4.11. The summed E-state index contributed by atoms with van der Waals surface area (Å²) in [6.07, 6.45) is 3.79. The highest BCUT2D eigenvalue weighted by Gasteiger charge is 2.09. The Balaban J connectivity index is 2.61. The van der Waals surface area contributed by atoms with Gasteiger partial charge in [0.2, 0.25) is 5.91 Å². The molecule has 0 unspecified atom stereocenters. The van der Waals surface area contributed by atoms with Crippen LogP contribution in [0.1, 0.15) is 25.5 Å². The molecule has 0 aliphatic rings. The quantitative estimate of drug-likeness (QED) is 0.731. The topological polar surface area (TPSA) is 85.2 Å². The lowest BCUT2D eigenvalue weighted by Crippen LogP contribution is -2.34. The molecule has 5 nitrogen and oxygen atoms in total. The number of nitrogens with two attached hydrogens (primary N) is 2. The van der Waals surface area contributed by atoms with Gasteiger partial charge in [0.1, 0.15) is 0 Å². The van der Waals surface area contributed by atoms with Crippen molar-refractivity contribution in [2.24, 2.45) is 5.73 Å². The molecule has 5 heteroatoms. The van der Waals surface area contributed by atoms with Crippen LogP contribution in [0.25, 0.3) is 0 Å². The molecule has 1 heterocycles. The van der Waals surface area contributed by atoms with Gasteiger partial charge in [0.15, 0.2) is 0 Å². The first-order valence-electron chi connectivity index (χ1n) is 5.83. The Bertz CT molecular complexity index is 367. The zero-order valence-corrected chi connectivity index (χ0v) is 10.2. The minimum atomic E-state index is -0.315. The molecule has 0 aliphatic carbocycles. The van der Waals surface area contributed by atoms with Gasteiger partial charge in [0, 0.05) is 18.4 Å². The van der Waals surface area contributed by atoms with Gasteiger partial charge < -0.3 is 11.5 Å². The van der Waals surface area contributed by atoms with Gasteiger partial charge in [-0.2, -0.15) is 0 Å². The molecule has 94 valence electrons. The molecule has 1 aromatic rings. The summed E-state index contributed by atoms with van der Waals surface area (Å²) in [5, 5.41) is 0. The van der Waals surface area contributed by atoms with E-state index in [0.717, 1.165) is 25.1 Å². The normalized spacial score (nSPS) is 10.7. The third-order valence-corrected chi connectivity index (χ3v) is 2.43. The number of carbonyl (C=O) groups is 1. The lowest BCUT2D eigenvalue weighted by atomic mass is 10.2. The predicted octanol–water partition coefficient (Wildman–Crippen LogP) is 0.751. The van der Waals surface area contributed by atoms with Gasteiger partial charge in [-0.3, -0.25) is 14.7 Å². The van der Waals surface area contributed by atoms with Crippen LogP contribution in [-0.2, 0) is 11.3 Å². The summed E-state index contributed by atoms with van der Waals surface area (Å²) in [5.74, 6) is -0.315. The molecule has 0 fully saturated rings. The number of primary amides is 1. The van der Waals surface area contributed by atoms with Crippen LogP contribution in [0.3, 0.4) is 0 Å².